The predicted molar refractivity (Wildman–Crippen MR) is 102 cm³/mol. The third kappa shape index (κ3) is 5.66. The number of carbonyl (C=O) groups is 1. The molecule has 3 aliphatic rings. The highest BCUT2D eigenvalue weighted by Gasteiger charge is 2.45. The lowest BCUT2D eigenvalue weighted by atomic mass is 9.64. The Kier molecular flexibility index (Phi) is 7.03. The van der Waals surface area contributed by atoms with E-state index in [4.69, 9.17) is 4.74 Å². The summed E-state index contributed by atoms with van der Waals surface area (Å²) in [4.78, 5) is 12.8. The fourth-order valence-corrected chi connectivity index (χ4v) is 5.90. The zero-order valence-electron chi connectivity index (χ0n) is 16.4. The second kappa shape index (κ2) is 8.96. The molecular weight excluding hydrogens is 391 g/mol. The molecule has 0 heterocycles. The Hall–Kier alpha value is -0.730. The Morgan fingerprint density at radius 1 is 1.36 bits per heavy atom. The second-order valence-electron chi connectivity index (χ2n) is 8.83. The molecule has 0 saturated heterocycles. The molecule has 3 unspecified atom stereocenters. The average Bonchev–Trinajstić information content (AvgIpc) is 2.60. The molecule has 2 bridgehead atoms. The van der Waals surface area contributed by atoms with Crippen LogP contribution in [0.3, 0.4) is 0 Å². The number of hydroxylamine groups is 1. The Labute approximate surface area is 169 Å². The van der Waals surface area contributed by atoms with E-state index in [1.165, 1.54) is 5.57 Å². The number of ether oxygens (including phenoxy) is 1. The van der Waals surface area contributed by atoms with Gasteiger partial charge >= 0.3 is 11.5 Å². The van der Waals surface area contributed by atoms with Crippen LogP contribution in [0.2, 0.25) is 0 Å². The Bertz CT molecular complexity index is 590. The van der Waals surface area contributed by atoms with Crippen molar-refractivity contribution >= 4 is 17.9 Å². The van der Waals surface area contributed by atoms with Gasteiger partial charge in [-0.05, 0) is 63.2 Å². The molecule has 0 amide bonds. The maximum Gasteiger partial charge on any atom is 0.496 e. The summed E-state index contributed by atoms with van der Waals surface area (Å²) in [5.74, 6) is 0.659. The van der Waals surface area contributed by atoms with Gasteiger partial charge in [-0.15, -0.1) is 0 Å². The molecule has 28 heavy (non-hydrogen) atoms. The van der Waals surface area contributed by atoms with E-state index in [2.05, 4.69) is 13.0 Å². The van der Waals surface area contributed by atoms with E-state index in [0.717, 1.165) is 51.4 Å². The average molecular weight is 422 g/mol. The fourth-order valence-electron chi connectivity index (χ4n) is 5.27. The third-order valence-corrected chi connectivity index (χ3v) is 7.31. The van der Waals surface area contributed by atoms with Gasteiger partial charge in [0.25, 0.3) is 0 Å². The fraction of sp³-hybridized carbons (Fsp3) is 0.850. The topological polar surface area (TPSA) is 53.8 Å². The molecule has 0 aromatic rings. The van der Waals surface area contributed by atoms with Crippen molar-refractivity contribution in [3.05, 3.63) is 16.9 Å². The van der Waals surface area contributed by atoms with Crippen molar-refractivity contribution in [1.82, 2.24) is 0 Å². The summed E-state index contributed by atoms with van der Waals surface area (Å²) >= 11 is -0.503. The number of alkyl halides is 3. The summed E-state index contributed by atoms with van der Waals surface area (Å²) in [6.45, 7) is 2.53. The first-order valence-electron chi connectivity index (χ1n) is 10.3. The van der Waals surface area contributed by atoms with Crippen molar-refractivity contribution in [2.45, 2.75) is 82.7 Å². The highest BCUT2D eigenvalue weighted by atomic mass is 32.2. The molecule has 0 spiro atoms. The summed E-state index contributed by atoms with van der Waals surface area (Å²) in [5, 5.41) is 11.7. The number of hydrogen-bond donors (Lipinski definition) is 1. The van der Waals surface area contributed by atoms with Crippen LogP contribution in [0.25, 0.3) is 0 Å². The van der Waals surface area contributed by atoms with Crippen LogP contribution < -0.4 is 4.47 Å². The number of esters is 1. The smallest absolute Gasteiger partial charge is 0.496 e. The maximum atomic E-state index is 12.8. The Morgan fingerprint density at radius 2 is 2.07 bits per heavy atom. The molecule has 0 radical (unpaired) electrons. The standard InChI is InChI=1S/C20H30F3NO3S/c1-14-11-16-3-2-9-19(12-14,13-16)18(25)27-10-8-15-4-6-17(7-5-15)24(26)28-20(21,22)23/h11,14-15,17,24H,2-10,12-13H2,1H3. The van der Waals surface area contributed by atoms with Crippen LogP contribution in [0.1, 0.15) is 71.1 Å². The first-order valence-corrected chi connectivity index (χ1v) is 11.1. The van der Waals surface area contributed by atoms with Crippen LogP contribution >= 0.6 is 11.9 Å². The van der Waals surface area contributed by atoms with E-state index >= 15 is 0 Å². The van der Waals surface area contributed by atoms with Gasteiger partial charge < -0.3 is 14.4 Å². The predicted octanol–water partition coefficient (Wildman–Crippen LogP) is 4.56. The van der Waals surface area contributed by atoms with Crippen LogP contribution in [0, 0.1) is 22.5 Å². The van der Waals surface area contributed by atoms with Gasteiger partial charge in [-0.3, -0.25) is 4.79 Å². The lowest BCUT2D eigenvalue weighted by Crippen LogP contribution is -3.05. The summed E-state index contributed by atoms with van der Waals surface area (Å²) in [6.07, 6.45) is 10.2. The van der Waals surface area contributed by atoms with E-state index in [1.54, 1.807) is 0 Å². The monoisotopic (exact) mass is 421 g/mol. The van der Waals surface area contributed by atoms with Gasteiger partial charge in [-0.2, -0.15) is 13.2 Å². The van der Waals surface area contributed by atoms with E-state index in [0.29, 0.717) is 31.3 Å². The lowest BCUT2D eigenvalue weighted by Gasteiger charge is -2.41. The van der Waals surface area contributed by atoms with Crippen LogP contribution in [0.4, 0.5) is 13.2 Å². The maximum absolute atomic E-state index is 12.8. The van der Waals surface area contributed by atoms with E-state index in [9.17, 15) is 23.2 Å². The van der Waals surface area contributed by atoms with Gasteiger partial charge in [0.05, 0.1) is 18.1 Å². The number of carbonyl (C=O) groups excluding carboxylic acids is 1. The summed E-state index contributed by atoms with van der Waals surface area (Å²) < 4.78 is 41.9. The lowest BCUT2D eigenvalue weighted by molar-refractivity contribution is -0.734. The second-order valence-corrected chi connectivity index (χ2v) is 9.90. The minimum Gasteiger partial charge on any atom is -0.621 e. The molecule has 160 valence electrons. The normalized spacial score (nSPS) is 34.5. The minimum absolute atomic E-state index is 0.0740. The van der Waals surface area contributed by atoms with Crippen LogP contribution in [-0.4, -0.2) is 24.1 Å². The number of fused-ring (bicyclic) bond motifs is 2. The number of hydrogen-bond acceptors (Lipinski definition) is 4. The molecule has 2 fully saturated rings. The highest BCUT2D eigenvalue weighted by molar-refractivity contribution is 7.93. The third-order valence-electron chi connectivity index (χ3n) is 6.54. The number of quaternary nitrogens is 1. The van der Waals surface area contributed by atoms with Crippen LogP contribution in [0.15, 0.2) is 11.6 Å². The van der Waals surface area contributed by atoms with Gasteiger partial charge in [0.15, 0.2) is 11.9 Å². The molecular formula is C20H30F3NO3S. The van der Waals surface area contributed by atoms with Crippen molar-refractivity contribution in [2.24, 2.45) is 17.3 Å². The van der Waals surface area contributed by atoms with E-state index in [1.807, 2.05) is 0 Å². The van der Waals surface area contributed by atoms with Crippen molar-refractivity contribution in [1.29, 1.82) is 0 Å². The number of rotatable bonds is 6. The SMILES string of the molecule is CC1C=C2CCCC(C(=O)OCCC3CCC([NH+]([O-])SC(F)(F)F)CC3)(C2)C1. The molecule has 0 aliphatic heterocycles. The minimum atomic E-state index is -4.49. The zero-order valence-corrected chi connectivity index (χ0v) is 17.2. The molecule has 2 saturated carbocycles. The Morgan fingerprint density at radius 3 is 2.75 bits per heavy atom. The van der Waals surface area contributed by atoms with Crippen LogP contribution in [0.5, 0.6) is 0 Å². The number of nitrogens with one attached hydrogen (secondary N) is 1. The van der Waals surface area contributed by atoms with Gasteiger partial charge in [0.2, 0.25) is 0 Å². The zero-order chi connectivity index (χ0) is 20.4. The number of halogens is 3. The van der Waals surface area contributed by atoms with Crippen molar-refractivity contribution in [3.8, 4) is 0 Å². The van der Waals surface area contributed by atoms with Gasteiger partial charge in [-0.1, -0.05) is 18.6 Å². The summed E-state index contributed by atoms with van der Waals surface area (Å²) in [6, 6.07) is -0.500. The van der Waals surface area contributed by atoms with Crippen LogP contribution in [-0.2, 0) is 9.53 Å². The molecule has 4 nitrogen and oxygen atoms in total. The molecule has 0 aromatic heterocycles. The molecule has 0 aromatic carbocycles. The molecule has 3 atom stereocenters. The van der Waals surface area contributed by atoms with Gasteiger partial charge in [0.1, 0.15) is 0 Å². The van der Waals surface area contributed by atoms with Gasteiger partial charge in [0, 0.05) is 12.8 Å². The number of allylic oxidation sites excluding steroid dienone is 2. The van der Waals surface area contributed by atoms with E-state index < -0.39 is 28.0 Å². The quantitative estimate of drug-likeness (QED) is 0.296. The summed E-state index contributed by atoms with van der Waals surface area (Å²) in [5.41, 5.74) is -3.45. The molecule has 3 rings (SSSR count). The first kappa shape index (κ1) is 22.0. The van der Waals surface area contributed by atoms with Gasteiger partial charge in [-0.25, -0.2) is 0 Å². The molecule has 3 aliphatic carbocycles. The largest absolute Gasteiger partial charge is 0.621 e. The van der Waals surface area contributed by atoms with Crippen molar-refractivity contribution in [3.63, 3.8) is 0 Å². The van der Waals surface area contributed by atoms with Crippen molar-refractivity contribution in [2.75, 3.05) is 6.61 Å². The Balaban J connectivity index is 1.39. The van der Waals surface area contributed by atoms with Crippen molar-refractivity contribution < 1.29 is 27.2 Å². The highest BCUT2D eigenvalue weighted by Crippen LogP contribution is 2.48. The van der Waals surface area contributed by atoms with E-state index in [-0.39, 0.29) is 11.4 Å². The molecule has 8 heteroatoms. The molecule has 1 N–H and O–H groups in total. The first-order chi connectivity index (χ1) is 13.2. The summed E-state index contributed by atoms with van der Waals surface area (Å²) in [7, 11) is 0.